The van der Waals surface area contributed by atoms with Crippen LogP contribution >= 0.6 is 0 Å². The van der Waals surface area contributed by atoms with Crippen LogP contribution in [0.15, 0.2) is 53.4 Å². The van der Waals surface area contributed by atoms with E-state index >= 15 is 0 Å². The number of hydrogen-bond donors (Lipinski definition) is 2. The van der Waals surface area contributed by atoms with Gasteiger partial charge in [0.25, 0.3) is 5.91 Å². The molecule has 2 rings (SSSR count). The number of ketones is 1. The second-order valence-electron chi connectivity index (χ2n) is 5.87. The number of sulfonamides is 1. The van der Waals surface area contributed by atoms with E-state index in [0.29, 0.717) is 17.8 Å². The summed E-state index contributed by atoms with van der Waals surface area (Å²) in [6, 6.07) is 12.4. The van der Waals surface area contributed by atoms with Gasteiger partial charge in [0.2, 0.25) is 10.0 Å². The molecule has 0 unspecified atom stereocenters. The number of carbonyl (C=O) groups is 2. The second-order valence-corrected chi connectivity index (χ2v) is 7.64. The summed E-state index contributed by atoms with van der Waals surface area (Å²) in [5.41, 5.74) is 1.17. The van der Waals surface area contributed by atoms with E-state index in [-0.39, 0.29) is 16.2 Å². The molecule has 0 bridgehead atoms. The van der Waals surface area contributed by atoms with Crippen molar-refractivity contribution in [1.82, 2.24) is 4.72 Å². The second kappa shape index (κ2) is 8.73. The van der Waals surface area contributed by atoms with Gasteiger partial charge in [-0.3, -0.25) is 9.59 Å². The summed E-state index contributed by atoms with van der Waals surface area (Å²) in [6.07, 6.45) is 1.62. The van der Waals surface area contributed by atoms with Gasteiger partial charge in [-0.15, -0.1) is 0 Å². The van der Waals surface area contributed by atoms with Gasteiger partial charge in [0.15, 0.2) is 5.78 Å². The maximum Gasteiger partial charge on any atom is 0.255 e. The zero-order chi connectivity index (χ0) is 19.2. The number of hydrogen-bond acceptors (Lipinski definition) is 4. The molecule has 2 aromatic carbocycles. The molecule has 2 aromatic rings. The van der Waals surface area contributed by atoms with Crippen LogP contribution in [-0.4, -0.2) is 26.7 Å². The highest BCUT2D eigenvalue weighted by Gasteiger charge is 2.16. The Morgan fingerprint density at radius 2 is 1.69 bits per heavy atom. The van der Waals surface area contributed by atoms with Crippen LogP contribution in [0, 0.1) is 0 Å². The van der Waals surface area contributed by atoms with Crippen molar-refractivity contribution >= 4 is 27.4 Å². The SMILES string of the molecule is CCCCNS(=O)(=O)c1cccc(C(=O)Nc2cccc(C(C)=O)c2)c1. The molecular weight excluding hydrogens is 352 g/mol. The molecule has 0 atom stereocenters. The first-order valence-corrected chi connectivity index (χ1v) is 9.84. The lowest BCUT2D eigenvalue weighted by molar-refractivity contribution is 0.101. The molecule has 2 N–H and O–H groups in total. The van der Waals surface area contributed by atoms with Crippen molar-refractivity contribution < 1.29 is 18.0 Å². The first-order chi connectivity index (χ1) is 12.3. The first kappa shape index (κ1) is 19.8. The molecular formula is C19H22N2O4S. The summed E-state index contributed by atoms with van der Waals surface area (Å²) in [5.74, 6) is -0.552. The number of anilines is 1. The van der Waals surface area contributed by atoms with E-state index in [0.717, 1.165) is 12.8 Å². The zero-order valence-electron chi connectivity index (χ0n) is 14.8. The summed E-state index contributed by atoms with van der Waals surface area (Å²) in [6.45, 7) is 3.77. The predicted octanol–water partition coefficient (Wildman–Crippen LogP) is 3.22. The Balaban J connectivity index is 2.18. The average Bonchev–Trinajstić information content (AvgIpc) is 2.62. The minimum Gasteiger partial charge on any atom is -0.322 e. The molecule has 0 aromatic heterocycles. The van der Waals surface area contributed by atoms with Crippen LogP contribution in [0.2, 0.25) is 0 Å². The van der Waals surface area contributed by atoms with Crippen molar-refractivity contribution in [1.29, 1.82) is 0 Å². The van der Waals surface area contributed by atoms with Gasteiger partial charge < -0.3 is 5.32 Å². The van der Waals surface area contributed by atoms with E-state index in [4.69, 9.17) is 0 Å². The number of Topliss-reactive ketones (excluding diaryl/α,β-unsaturated/α-hetero) is 1. The van der Waals surface area contributed by atoms with E-state index in [1.54, 1.807) is 24.3 Å². The highest BCUT2D eigenvalue weighted by atomic mass is 32.2. The average molecular weight is 374 g/mol. The lowest BCUT2D eigenvalue weighted by atomic mass is 10.1. The standard InChI is InChI=1S/C19H22N2O4S/c1-3-4-11-20-26(24,25)18-10-6-8-16(13-18)19(23)21-17-9-5-7-15(12-17)14(2)22/h5-10,12-13,20H,3-4,11H2,1-2H3,(H,21,23). The van der Waals surface area contributed by atoms with Gasteiger partial charge in [0.05, 0.1) is 4.90 Å². The number of rotatable bonds is 8. The summed E-state index contributed by atoms with van der Waals surface area (Å²) < 4.78 is 27.1. The van der Waals surface area contributed by atoms with Gasteiger partial charge in [-0.2, -0.15) is 0 Å². The molecule has 0 saturated heterocycles. The molecule has 0 aliphatic heterocycles. The van der Waals surface area contributed by atoms with Crippen LogP contribution in [0.3, 0.4) is 0 Å². The third-order valence-electron chi connectivity index (χ3n) is 3.76. The van der Waals surface area contributed by atoms with Crippen molar-refractivity contribution in [2.75, 3.05) is 11.9 Å². The predicted molar refractivity (Wildman–Crippen MR) is 101 cm³/mol. The van der Waals surface area contributed by atoms with E-state index in [2.05, 4.69) is 10.0 Å². The van der Waals surface area contributed by atoms with Crippen molar-refractivity contribution in [3.8, 4) is 0 Å². The van der Waals surface area contributed by atoms with Gasteiger partial charge in [-0.05, 0) is 43.7 Å². The van der Waals surface area contributed by atoms with Crippen LogP contribution < -0.4 is 10.0 Å². The van der Waals surface area contributed by atoms with E-state index in [1.165, 1.54) is 31.2 Å². The van der Waals surface area contributed by atoms with E-state index in [1.807, 2.05) is 6.92 Å². The van der Waals surface area contributed by atoms with Crippen LogP contribution in [0.5, 0.6) is 0 Å². The van der Waals surface area contributed by atoms with Crippen LogP contribution in [0.1, 0.15) is 47.4 Å². The molecule has 1 amide bonds. The third kappa shape index (κ3) is 5.24. The number of nitrogens with one attached hydrogen (secondary N) is 2. The maximum absolute atomic E-state index is 12.4. The molecule has 0 aliphatic carbocycles. The normalized spacial score (nSPS) is 11.2. The minimum atomic E-state index is -3.65. The highest BCUT2D eigenvalue weighted by Crippen LogP contribution is 2.15. The lowest BCUT2D eigenvalue weighted by Gasteiger charge is -2.09. The Morgan fingerprint density at radius 3 is 2.38 bits per heavy atom. The van der Waals surface area contributed by atoms with Crippen molar-refractivity contribution in [2.45, 2.75) is 31.6 Å². The van der Waals surface area contributed by atoms with Crippen molar-refractivity contribution in [3.05, 3.63) is 59.7 Å². The maximum atomic E-state index is 12.4. The van der Waals surface area contributed by atoms with E-state index < -0.39 is 15.9 Å². The van der Waals surface area contributed by atoms with Gasteiger partial charge in [-0.25, -0.2) is 13.1 Å². The Labute approximate surface area is 153 Å². The number of unbranched alkanes of at least 4 members (excludes halogenated alkanes) is 1. The van der Waals surface area contributed by atoms with Crippen LogP contribution in [0.25, 0.3) is 0 Å². The fraction of sp³-hybridized carbons (Fsp3) is 0.263. The van der Waals surface area contributed by atoms with E-state index in [9.17, 15) is 18.0 Å². The molecule has 0 radical (unpaired) electrons. The largest absolute Gasteiger partial charge is 0.322 e. The molecule has 6 nitrogen and oxygen atoms in total. The quantitative estimate of drug-likeness (QED) is 0.548. The van der Waals surface area contributed by atoms with Gasteiger partial charge in [-0.1, -0.05) is 31.5 Å². The molecule has 0 aliphatic rings. The molecule has 0 spiro atoms. The van der Waals surface area contributed by atoms with Crippen molar-refractivity contribution in [3.63, 3.8) is 0 Å². The number of benzene rings is 2. The Kier molecular flexibility index (Phi) is 6.65. The topological polar surface area (TPSA) is 92.3 Å². The lowest BCUT2D eigenvalue weighted by Crippen LogP contribution is -2.25. The monoisotopic (exact) mass is 374 g/mol. The van der Waals surface area contributed by atoms with Crippen LogP contribution in [-0.2, 0) is 10.0 Å². The molecule has 7 heteroatoms. The third-order valence-corrected chi connectivity index (χ3v) is 5.21. The zero-order valence-corrected chi connectivity index (χ0v) is 15.6. The Morgan fingerprint density at radius 1 is 1.00 bits per heavy atom. The summed E-state index contributed by atoms with van der Waals surface area (Å²) in [7, 11) is -3.65. The molecule has 0 saturated carbocycles. The summed E-state index contributed by atoms with van der Waals surface area (Å²) in [5, 5.41) is 2.68. The fourth-order valence-electron chi connectivity index (χ4n) is 2.29. The molecule has 26 heavy (non-hydrogen) atoms. The fourth-order valence-corrected chi connectivity index (χ4v) is 3.41. The van der Waals surface area contributed by atoms with Gasteiger partial charge in [0, 0.05) is 23.4 Å². The Bertz CT molecular complexity index is 907. The minimum absolute atomic E-state index is 0.0405. The molecule has 0 fully saturated rings. The van der Waals surface area contributed by atoms with Gasteiger partial charge >= 0.3 is 0 Å². The molecule has 0 heterocycles. The smallest absolute Gasteiger partial charge is 0.255 e. The van der Waals surface area contributed by atoms with Crippen LogP contribution in [0.4, 0.5) is 5.69 Å². The van der Waals surface area contributed by atoms with Gasteiger partial charge in [0.1, 0.15) is 0 Å². The summed E-state index contributed by atoms with van der Waals surface area (Å²) >= 11 is 0. The summed E-state index contributed by atoms with van der Waals surface area (Å²) in [4.78, 5) is 23.9. The Hall–Kier alpha value is -2.51. The molecule has 138 valence electrons. The highest BCUT2D eigenvalue weighted by molar-refractivity contribution is 7.89. The number of carbonyl (C=O) groups excluding carboxylic acids is 2. The number of amides is 1. The van der Waals surface area contributed by atoms with Crippen molar-refractivity contribution in [2.24, 2.45) is 0 Å². The first-order valence-electron chi connectivity index (χ1n) is 8.35.